The molecule has 1 aliphatic rings. The first-order valence-electron chi connectivity index (χ1n) is 14.0. The van der Waals surface area contributed by atoms with Crippen LogP contribution in [0.2, 0.25) is 0 Å². The molecule has 1 aliphatic carbocycles. The molecular formula is C31H46N2O4. The second-order valence-electron chi connectivity index (χ2n) is 10.2. The van der Waals surface area contributed by atoms with Crippen LogP contribution in [0.5, 0.6) is 0 Å². The highest BCUT2D eigenvalue weighted by Crippen LogP contribution is 2.27. The van der Waals surface area contributed by atoms with Crippen LogP contribution >= 0.6 is 0 Å². The van der Waals surface area contributed by atoms with Crippen molar-refractivity contribution in [3.8, 4) is 0 Å². The summed E-state index contributed by atoms with van der Waals surface area (Å²) in [7, 11) is 3.91. The Balaban J connectivity index is 1.38. The SMILES string of the molecule is COCCN(C)CCCCCCOC1CCC(N(Cc2ccccc2)C(=O)OCc2ccccc2)CC1. The number of carbonyl (C=O) groups is 1. The predicted molar refractivity (Wildman–Crippen MR) is 148 cm³/mol. The lowest BCUT2D eigenvalue weighted by Gasteiger charge is -2.36. The van der Waals surface area contributed by atoms with Gasteiger partial charge in [-0.3, -0.25) is 0 Å². The van der Waals surface area contributed by atoms with Crippen LogP contribution < -0.4 is 0 Å². The molecule has 0 aromatic heterocycles. The largest absolute Gasteiger partial charge is 0.445 e. The van der Waals surface area contributed by atoms with Crippen LogP contribution in [0.1, 0.15) is 62.5 Å². The normalized spacial score (nSPS) is 17.6. The number of unbranched alkanes of at least 4 members (excludes halogenated alkanes) is 3. The van der Waals surface area contributed by atoms with Crippen molar-refractivity contribution in [2.75, 3.05) is 40.5 Å². The van der Waals surface area contributed by atoms with E-state index in [2.05, 4.69) is 24.1 Å². The summed E-state index contributed by atoms with van der Waals surface area (Å²) in [5.41, 5.74) is 2.13. The number of rotatable bonds is 16. The topological polar surface area (TPSA) is 51.2 Å². The zero-order chi connectivity index (χ0) is 26.1. The molecule has 1 saturated carbocycles. The third-order valence-electron chi connectivity index (χ3n) is 7.18. The van der Waals surface area contributed by atoms with Gasteiger partial charge in [0.1, 0.15) is 6.61 Å². The van der Waals surface area contributed by atoms with E-state index in [1.165, 1.54) is 19.3 Å². The monoisotopic (exact) mass is 510 g/mol. The number of carbonyl (C=O) groups excluding carboxylic acids is 1. The number of nitrogens with zero attached hydrogens (tertiary/aromatic N) is 2. The molecule has 3 rings (SSSR count). The number of benzene rings is 2. The minimum Gasteiger partial charge on any atom is -0.445 e. The molecule has 0 heterocycles. The molecule has 2 aromatic rings. The fraction of sp³-hybridized carbons (Fsp3) is 0.581. The molecule has 6 nitrogen and oxygen atoms in total. The molecule has 0 atom stereocenters. The van der Waals surface area contributed by atoms with Gasteiger partial charge in [0.25, 0.3) is 0 Å². The molecule has 0 spiro atoms. The fourth-order valence-corrected chi connectivity index (χ4v) is 4.89. The molecule has 6 heteroatoms. The van der Waals surface area contributed by atoms with Crippen molar-refractivity contribution in [2.45, 2.75) is 76.7 Å². The van der Waals surface area contributed by atoms with Crippen LogP contribution in [-0.4, -0.2) is 68.5 Å². The number of methoxy groups -OCH3 is 1. The fourth-order valence-electron chi connectivity index (χ4n) is 4.89. The molecule has 2 aromatic carbocycles. The molecule has 1 amide bonds. The maximum Gasteiger partial charge on any atom is 0.410 e. The smallest absolute Gasteiger partial charge is 0.410 e. The number of hydrogen-bond donors (Lipinski definition) is 0. The number of amides is 1. The standard InChI is InChI=1S/C31H46N2O4/c1-32(22-24-35-2)21-11-3-4-12-23-36-30-19-17-29(18-20-30)33(25-27-13-7-5-8-14-27)31(34)37-26-28-15-9-6-10-16-28/h5-10,13-16,29-30H,3-4,11-12,17-26H2,1-2H3. The van der Waals surface area contributed by atoms with E-state index in [9.17, 15) is 4.79 Å². The van der Waals surface area contributed by atoms with E-state index in [0.717, 1.165) is 69.5 Å². The Kier molecular flexibility index (Phi) is 13.5. The van der Waals surface area contributed by atoms with E-state index in [4.69, 9.17) is 14.2 Å². The zero-order valence-electron chi connectivity index (χ0n) is 22.9. The van der Waals surface area contributed by atoms with Gasteiger partial charge in [-0.15, -0.1) is 0 Å². The molecular weight excluding hydrogens is 464 g/mol. The Bertz CT molecular complexity index is 856. The Morgan fingerprint density at radius 1 is 0.811 bits per heavy atom. The third kappa shape index (κ3) is 11.2. The van der Waals surface area contributed by atoms with Crippen molar-refractivity contribution in [3.05, 3.63) is 71.8 Å². The van der Waals surface area contributed by atoms with Crippen LogP contribution in [-0.2, 0) is 27.4 Å². The quantitative estimate of drug-likeness (QED) is 0.248. The Morgan fingerprint density at radius 3 is 2.14 bits per heavy atom. The maximum absolute atomic E-state index is 13.2. The van der Waals surface area contributed by atoms with E-state index in [-0.39, 0.29) is 12.1 Å². The van der Waals surface area contributed by atoms with Gasteiger partial charge in [-0.2, -0.15) is 0 Å². The van der Waals surface area contributed by atoms with Crippen molar-refractivity contribution in [2.24, 2.45) is 0 Å². The number of likely N-dealkylation sites (N-methyl/N-ethyl adjacent to an activating group) is 1. The molecule has 37 heavy (non-hydrogen) atoms. The molecule has 0 saturated heterocycles. The third-order valence-corrected chi connectivity index (χ3v) is 7.18. The molecule has 204 valence electrons. The highest BCUT2D eigenvalue weighted by atomic mass is 16.6. The minimum absolute atomic E-state index is 0.179. The van der Waals surface area contributed by atoms with Gasteiger partial charge in [0.2, 0.25) is 0 Å². The average molecular weight is 511 g/mol. The molecule has 0 aliphatic heterocycles. The highest BCUT2D eigenvalue weighted by Gasteiger charge is 2.30. The van der Waals surface area contributed by atoms with Gasteiger partial charge in [-0.1, -0.05) is 73.5 Å². The molecule has 0 N–H and O–H groups in total. The zero-order valence-corrected chi connectivity index (χ0v) is 22.9. The summed E-state index contributed by atoms with van der Waals surface area (Å²) in [6.45, 7) is 4.63. The molecule has 0 radical (unpaired) electrons. The van der Waals surface area contributed by atoms with Crippen molar-refractivity contribution in [1.29, 1.82) is 0 Å². The van der Waals surface area contributed by atoms with Gasteiger partial charge in [-0.25, -0.2) is 4.79 Å². The van der Waals surface area contributed by atoms with E-state index in [1.54, 1.807) is 7.11 Å². The molecule has 1 fully saturated rings. The molecule has 0 unspecified atom stereocenters. The number of ether oxygens (including phenoxy) is 3. The summed E-state index contributed by atoms with van der Waals surface area (Å²) >= 11 is 0. The van der Waals surface area contributed by atoms with Crippen molar-refractivity contribution in [3.63, 3.8) is 0 Å². The lowest BCUT2D eigenvalue weighted by molar-refractivity contribution is 0.00194. The summed E-state index contributed by atoms with van der Waals surface area (Å²) in [6, 6.07) is 20.2. The lowest BCUT2D eigenvalue weighted by Crippen LogP contribution is -2.43. The summed E-state index contributed by atoms with van der Waals surface area (Å²) in [4.78, 5) is 17.4. The summed E-state index contributed by atoms with van der Waals surface area (Å²) < 4.78 is 17.1. The van der Waals surface area contributed by atoms with Crippen LogP contribution in [0.15, 0.2) is 60.7 Å². The van der Waals surface area contributed by atoms with Gasteiger partial charge < -0.3 is 24.0 Å². The first-order chi connectivity index (χ1) is 18.2. The maximum atomic E-state index is 13.2. The van der Waals surface area contributed by atoms with Crippen LogP contribution in [0.3, 0.4) is 0 Å². The second kappa shape index (κ2) is 17.2. The lowest BCUT2D eigenvalue weighted by atomic mass is 9.91. The van der Waals surface area contributed by atoms with E-state index < -0.39 is 0 Å². The average Bonchev–Trinajstić information content (AvgIpc) is 2.94. The Hall–Kier alpha value is -2.41. The van der Waals surface area contributed by atoms with Crippen molar-refractivity contribution >= 4 is 6.09 Å². The van der Waals surface area contributed by atoms with Crippen LogP contribution in [0, 0.1) is 0 Å². The molecule has 0 bridgehead atoms. The van der Waals surface area contributed by atoms with Crippen LogP contribution in [0.4, 0.5) is 4.79 Å². The summed E-state index contributed by atoms with van der Waals surface area (Å²) in [6.07, 6.45) is 8.76. The first kappa shape index (κ1) is 29.2. The van der Waals surface area contributed by atoms with Crippen molar-refractivity contribution in [1.82, 2.24) is 9.80 Å². The van der Waals surface area contributed by atoms with Crippen molar-refractivity contribution < 1.29 is 19.0 Å². The van der Waals surface area contributed by atoms with E-state index in [1.807, 2.05) is 53.4 Å². The first-order valence-corrected chi connectivity index (χ1v) is 14.0. The Morgan fingerprint density at radius 2 is 1.46 bits per heavy atom. The van der Waals surface area contributed by atoms with Gasteiger partial charge in [0.15, 0.2) is 0 Å². The van der Waals surface area contributed by atoms with E-state index >= 15 is 0 Å². The van der Waals surface area contributed by atoms with Gasteiger partial charge in [0.05, 0.1) is 12.7 Å². The minimum atomic E-state index is -0.232. The predicted octanol–water partition coefficient (Wildman–Crippen LogP) is 6.29. The summed E-state index contributed by atoms with van der Waals surface area (Å²) in [5.74, 6) is 0. The number of hydrogen-bond acceptors (Lipinski definition) is 5. The second-order valence-corrected chi connectivity index (χ2v) is 10.2. The van der Waals surface area contributed by atoms with Gasteiger partial charge in [0, 0.05) is 32.8 Å². The van der Waals surface area contributed by atoms with Crippen LogP contribution in [0.25, 0.3) is 0 Å². The Labute approximate surface area is 223 Å². The van der Waals surface area contributed by atoms with Gasteiger partial charge in [-0.05, 0) is 63.2 Å². The van der Waals surface area contributed by atoms with Gasteiger partial charge >= 0.3 is 6.09 Å². The van der Waals surface area contributed by atoms with E-state index in [0.29, 0.717) is 19.3 Å². The summed E-state index contributed by atoms with van der Waals surface area (Å²) in [5, 5.41) is 0. The highest BCUT2D eigenvalue weighted by molar-refractivity contribution is 5.68.